The summed E-state index contributed by atoms with van der Waals surface area (Å²) in [5, 5.41) is 0. The van der Waals surface area contributed by atoms with Gasteiger partial charge in [-0.25, -0.2) is 0 Å². The fraction of sp³-hybridized carbons (Fsp3) is 0.455. The lowest BCUT2D eigenvalue weighted by molar-refractivity contribution is 0.669. The predicted molar refractivity (Wildman–Crippen MR) is 107 cm³/mol. The van der Waals surface area contributed by atoms with Crippen molar-refractivity contribution in [3.8, 4) is 0 Å². The number of para-hydroxylation sites is 2. The van der Waals surface area contributed by atoms with E-state index >= 15 is 0 Å². The standard InChI is InChI=1S/C22H32N2/c1-3-5-17-23(21-13-9-7-10-14-21)19-20-24(18-6-4-2)22-15-11-8-12-16-22/h7-16H,3-6,17-20H2,1-2H3. The van der Waals surface area contributed by atoms with E-state index in [2.05, 4.69) is 84.3 Å². The second-order valence-corrected chi connectivity index (χ2v) is 6.35. The van der Waals surface area contributed by atoms with Gasteiger partial charge in [-0.2, -0.15) is 0 Å². The summed E-state index contributed by atoms with van der Waals surface area (Å²) in [4.78, 5) is 5.07. The van der Waals surface area contributed by atoms with E-state index in [1.165, 1.54) is 37.1 Å². The summed E-state index contributed by atoms with van der Waals surface area (Å²) in [6.07, 6.45) is 4.97. The Morgan fingerprint density at radius 1 is 0.542 bits per heavy atom. The van der Waals surface area contributed by atoms with Gasteiger partial charge >= 0.3 is 0 Å². The molecule has 2 aromatic carbocycles. The average Bonchev–Trinajstić information content (AvgIpc) is 2.65. The van der Waals surface area contributed by atoms with Crippen LogP contribution in [0.25, 0.3) is 0 Å². The summed E-state index contributed by atoms with van der Waals surface area (Å²) in [7, 11) is 0. The molecule has 24 heavy (non-hydrogen) atoms. The maximum absolute atomic E-state index is 2.53. The Morgan fingerprint density at radius 3 is 1.25 bits per heavy atom. The normalized spacial score (nSPS) is 10.6. The van der Waals surface area contributed by atoms with Gasteiger partial charge < -0.3 is 9.80 Å². The van der Waals surface area contributed by atoms with Crippen LogP contribution in [0.2, 0.25) is 0 Å². The van der Waals surface area contributed by atoms with Crippen molar-refractivity contribution in [1.29, 1.82) is 0 Å². The van der Waals surface area contributed by atoms with E-state index in [0.717, 1.165) is 26.2 Å². The molecule has 2 heteroatoms. The number of nitrogens with zero attached hydrogens (tertiary/aromatic N) is 2. The zero-order valence-electron chi connectivity index (χ0n) is 15.3. The van der Waals surface area contributed by atoms with Gasteiger partial charge in [0.15, 0.2) is 0 Å². The van der Waals surface area contributed by atoms with Crippen molar-refractivity contribution in [3.05, 3.63) is 60.7 Å². The summed E-state index contributed by atoms with van der Waals surface area (Å²) in [5.41, 5.74) is 2.68. The molecule has 0 saturated heterocycles. The molecule has 0 aliphatic heterocycles. The van der Waals surface area contributed by atoms with Crippen molar-refractivity contribution in [2.24, 2.45) is 0 Å². The van der Waals surface area contributed by atoms with Crippen LogP contribution in [0.4, 0.5) is 11.4 Å². The molecule has 0 radical (unpaired) electrons. The molecule has 2 nitrogen and oxygen atoms in total. The highest BCUT2D eigenvalue weighted by molar-refractivity contribution is 5.48. The monoisotopic (exact) mass is 324 g/mol. The fourth-order valence-corrected chi connectivity index (χ4v) is 2.96. The lowest BCUT2D eigenvalue weighted by Crippen LogP contribution is -2.36. The van der Waals surface area contributed by atoms with Gasteiger partial charge in [-0.15, -0.1) is 0 Å². The maximum Gasteiger partial charge on any atom is 0.0366 e. The van der Waals surface area contributed by atoms with E-state index in [1.807, 2.05) is 0 Å². The van der Waals surface area contributed by atoms with Crippen LogP contribution in [0.15, 0.2) is 60.7 Å². The molecule has 2 rings (SSSR count). The zero-order chi connectivity index (χ0) is 17.0. The first-order chi connectivity index (χ1) is 11.8. The summed E-state index contributed by atoms with van der Waals surface area (Å²) < 4.78 is 0. The highest BCUT2D eigenvalue weighted by atomic mass is 15.2. The van der Waals surface area contributed by atoms with Crippen LogP contribution in [-0.4, -0.2) is 26.2 Å². The first kappa shape index (κ1) is 18.4. The molecule has 0 amide bonds. The van der Waals surface area contributed by atoms with Crippen molar-refractivity contribution in [2.75, 3.05) is 36.0 Å². The third-order valence-electron chi connectivity index (χ3n) is 4.45. The Balaban J connectivity index is 2.03. The van der Waals surface area contributed by atoms with E-state index < -0.39 is 0 Å². The van der Waals surface area contributed by atoms with Gasteiger partial charge in [0.1, 0.15) is 0 Å². The molecule has 2 aromatic rings. The van der Waals surface area contributed by atoms with Crippen LogP contribution in [-0.2, 0) is 0 Å². The maximum atomic E-state index is 2.53. The van der Waals surface area contributed by atoms with Crippen molar-refractivity contribution < 1.29 is 0 Å². The van der Waals surface area contributed by atoms with Crippen molar-refractivity contribution in [3.63, 3.8) is 0 Å². The molecule has 0 saturated carbocycles. The molecule has 0 atom stereocenters. The lowest BCUT2D eigenvalue weighted by Gasteiger charge is -2.30. The van der Waals surface area contributed by atoms with Crippen LogP contribution < -0.4 is 9.80 Å². The Kier molecular flexibility index (Phi) is 8.23. The Labute approximate surface area is 148 Å². The molecule has 0 fully saturated rings. The molecule has 0 aliphatic carbocycles. The number of hydrogen-bond donors (Lipinski definition) is 0. The summed E-state index contributed by atoms with van der Waals surface area (Å²) >= 11 is 0. The third kappa shape index (κ3) is 5.92. The van der Waals surface area contributed by atoms with E-state index in [9.17, 15) is 0 Å². The molecule has 0 N–H and O–H groups in total. The van der Waals surface area contributed by atoms with Gasteiger partial charge in [0.25, 0.3) is 0 Å². The van der Waals surface area contributed by atoms with Gasteiger partial charge in [-0.3, -0.25) is 0 Å². The summed E-state index contributed by atoms with van der Waals surface area (Å²) in [6.45, 7) is 8.94. The SMILES string of the molecule is CCCCN(CCN(CCCC)c1ccccc1)c1ccccc1. The average molecular weight is 325 g/mol. The fourth-order valence-electron chi connectivity index (χ4n) is 2.96. The first-order valence-corrected chi connectivity index (χ1v) is 9.45. The molecule has 130 valence electrons. The molecule has 0 spiro atoms. The predicted octanol–water partition coefficient (Wildman–Crippen LogP) is 5.60. The highest BCUT2D eigenvalue weighted by Crippen LogP contribution is 2.17. The molecule has 0 aromatic heterocycles. The summed E-state index contributed by atoms with van der Waals surface area (Å²) in [5.74, 6) is 0. The topological polar surface area (TPSA) is 6.48 Å². The van der Waals surface area contributed by atoms with Crippen molar-refractivity contribution >= 4 is 11.4 Å². The first-order valence-electron chi connectivity index (χ1n) is 9.45. The van der Waals surface area contributed by atoms with Gasteiger partial charge in [0.05, 0.1) is 0 Å². The van der Waals surface area contributed by atoms with E-state index in [-0.39, 0.29) is 0 Å². The lowest BCUT2D eigenvalue weighted by atomic mass is 10.2. The minimum absolute atomic E-state index is 1.07. The van der Waals surface area contributed by atoms with E-state index in [4.69, 9.17) is 0 Å². The Morgan fingerprint density at radius 2 is 0.917 bits per heavy atom. The van der Waals surface area contributed by atoms with Crippen LogP contribution >= 0.6 is 0 Å². The van der Waals surface area contributed by atoms with Gasteiger partial charge in [-0.05, 0) is 37.1 Å². The van der Waals surface area contributed by atoms with Crippen LogP contribution in [0.3, 0.4) is 0 Å². The van der Waals surface area contributed by atoms with E-state index in [0.29, 0.717) is 0 Å². The highest BCUT2D eigenvalue weighted by Gasteiger charge is 2.10. The third-order valence-corrected chi connectivity index (χ3v) is 4.45. The molecular formula is C22H32N2. The van der Waals surface area contributed by atoms with Crippen LogP contribution in [0, 0.1) is 0 Å². The Hall–Kier alpha value is -1.96. The smallest absolute Gasteiger partial charge is 0.0366 e. The van der Waals surface area contributed by atoms with Crippen LogP contribution in [0.5, 0.6) is 0 Å². The van der Waals surface area contributed by atoms with E-state index in [1.54, 1.807) is 0 Å². The zero-order valence-corrected chi connectivity index (χ0v) is 15.3. The van der Waals surface area contributed by atoms with Crippen molar-refractivity contribution in [2.45, 2.75) is 39.5 Å². The van der Waals surface area contributed by atoms with Gasteiger partial charge in [0, 0.05) is 37.6 Å². The van der Waals surface area contributed by atoms with Gasteiger partial charge in [-0.1, -0.05) is 63.1 Å². The number of hydrogen-bond acceptors (Lipinski definition) is 2. The second kappa shape index (κ2) is 10.7. The summed E-state index contributed by atoms with van der Waals surface area (Å²) in [6, 6.07) is 21.7. The van der Waals surface area contributed by atoms with Gasteiger partial charge in [0.2, 0.25) is 0 Å². The molecular weight excluding hydrogens is 292 g/mol. The molecule has 0 unspecified atom stereocenters. The number of rotatable bonds is 11. The van der Waals surface area contributed by atoms with Crippen LogP contribution in [0.1, 0.15) is 39.5 Å². The van der Waals surface area contributed by atoms with Crippen molar-refractivity contribution in [1.82, 2.24) is 0 Å². The molecule has 0 bridgehead atoms. The minimum atomic E-state index is 1.07. The molecule has 0 heterocycles. The number of benzene rings is 2. The minimum Gasteiger partial charge on any atom is -0.370 e. The largest absolute Gasteiger partial charge is 0.370 e. The quantitative estimate of drug-likeness (QED) is 0.531. The number of anilines is 2. The Bertz CT molecular complexity index is 487. The molecule has 0 aliphatic rings. The number of unbranched alkanes of at least 4 members (excludes halogenated alkanes) is 2. The second-order valence-electron chi connectivity index (χ2n) is 6.35.